The SMILES string of the molecule is Cc1cc2c3c(c1)N(c1ccc(C(C)(C)C)cc1-c1cc(C(C)(C)C)cc(C(C)(C)C)c1)c1c(oc4ccc(C(C)(C)C)cc14)B3c1cc3c(cc1N2c1ccc2c(c1)C(C)(C)CCC2(C)C)C(C)(C)CCC3(C)C. The molecule has 75 heavy (non-hydrogen) atoms. The van der Waals surface area contributed by atoms with Crippen molar-refractivity contribution in [1.82, 2.24) is 0 Å². The molecule has 4 aliphatic rings. The summed E-state index contributed by atoms with van der Waals surface area (Å²) < 4.78 is 7.64. The Balaban J connectivity index is 1.30. The Hall–Kier alpha value is -5.48. The van der Waals surface area contributed by atoms with E-state index in [1.54, 1.807) is 0 Å². The fraction of sp³-hybridized carbons (Fsp3) is 0.465. The molecule has 0 atom stereocenters. The molecule has 0 amide bonds. The van der Waals surface area contributed by atoms with Gasteiger partial charge in [-0.15, -0.1) is 0 Å². The largest absolute Gasteiger partial charge is 0.468 e. The molecule has 0 N–H and O–H groups in total. The first-order chi connectivity index (χ1) is 34.6. The molecule has 1 aromatic heterocycles. The molecule has 0 bridgehead atoms. The van der Waals surface area contributed by atoms with Gasteiger partial charge in [0.05, 0.1) is 17.0 Å². The van der Waals surface area contributed by atoms with E-state index in [9.17, 15) is 0 Å². The lowest BCUT2D eigenvalue weighted by Gasteiger charge is -2.47. The Labute approximate surface area is 453 Å². The van der Waals surface area contributed by atoms with Crippen LogP contribution in [0.15, 0.2) is 101 Å². The molecule has 2 aliphatic carbocycles. The van der Waals surface area contributed by atoms with Gasteiger partial charge in [-0.1, -0.05) is 181 Å². The quantitative estimate of drug-likeness (QED) is 0.165. The zero-order valence-electron chi connectivity index (χ0n) is 49.9. The smallest absolute Gasteiger partial charge is 0.297 e. The molecular formula is C71H87BN2O. The summed E-state index contributed by atoms with van der Waals surface area (Å²) in [5.74, 6) is 0. The van der Waals surface area contributed by atoms with Crippen molar-refractivity contribution in [3.8, 4) is 11.1 Å². The van der Waals surface area contributed by atoms with Gasteiger partial charge in [-0.25, -0.2) is 0 Å². The number of rotatable bonds is 3. The van der Waals surface area contributed by atoms with Gasteiger partial charge in [-0.05, 0) is 197 Å². The molecule has 0 saturated heterocycles. The number of furan rings is 1. The van der Waals surface area contributed by atoms with Crippen LogP contribution in [0.1, 0.15) is 214 Å². The van der Waals surface area contributed by atoms with Crippen molar-refractivity contribution in [2.24, 2.45) is 0 Å². The standard InChI is InChI=1S/C71H87BN2O/c1-42-32-58-61-59(33-42)74(56-26-22-44(64(2,3)4)37-49(56)43-34-46(66(8,9)10)36-47(35-43)67(11,12)13)62-50-38-45(65(5,6)7)23-27-60(50)75-63(62)72(61)55-40-53-54(71(20,21)31-30-70(53,18)19)41-57(55)73(58)48-24-25-51-52(39-48)69(16,17)29-28-68(51,14)15/h22-27,32-41H,28-31H2,1-21H3. The highest BCUT2D eigenvalue weighted by molar-refractivity contribution is 7.00. The van der Waals surface area contributed by atoms with Crippen LogP contribution in [0.3, 0.4) is 0 Å². The highest BCUT2D eigenvalue weighted by Gasteiger charge is 2.50. The summed E-state index contributed by atoms with van der Waals surface area (Å²) in [6.07, 6.45) is 4.66. The van der Waals surface area contributed by atoms with Gasteiger partial charge in [-0.2, -0.15) is 0 Å². The Bertz CT molecular complexity index is 3480. The van der Waals surface area contributed by atoms with Gasteiger partial charge >= 0.3 is 0 Å². The number of aryl methyl sites for hydroxylation is 1. The van der Waals surface area contributed by atoms with Gasteiger partial charge in [0.1, 0.15) is 5.58 Å². The van der Waals surface area contributed by atoms with Crippen LogP contribution in [0.5, 0.6) is 0 Å². The molecule has 0 unspecified atom stereocenters. The van der Waals surface area contributed by atoms with Gasteiger partial charge in [0.2, 0.25) is 0 Å². The zero-order chi connectivity index (χ0) is 54.3. The van der Waals surface area contributed by atoms with E-state index in [0.717, 1.165) is 29.8 Å². The molecule has 3 heterocycles. The first-order valence-electron chi connectivity index (χ1n) is 28.5. The van der Waals surface area contributed by atoms with Crippen LogP contribution in [-0.2, 0) is 43.3 Å². The molecule has 0 fully saturated rings. The topological polar surface area (TPSA) is 19.6 Å². The van der Waals surface area contributed by atoms with Gasteiger partial charge in [0, 0.05) is 33.7 Å². The summed E-state index contributed by atoms with van der Waals surface area (Å²) >= 11 is 0. The number of anilines is 6. The maximum atomic E-state index is 7.64. The van der Waals surface area contributed by atoms with Crippen LogP contribution in [0.25, 0.3) is 22.1 Å². The van der Waals surface area contributed by atoms with Gasteiger partial charge in [0.15, 0.2) is 0 Å². The first-order valence-corrected chi connectivity index (χ1v) is 28.5. The van der Waals surface area contributed by atoms with Crippen LogP contribution in [0.4, 0.5) is 34.1 Å². The maximum absolute atomic E-state index is 7.64. The van der Waals surface area contributed by atoms with E-state index >= 15 is 0 Å². The average Bonchev–Trinajstić information content (AvgIpc) is 3.68. The van der Waals surface area contributed by atoms with Crippen LogP contribution in [-0.4, -0.2) is 6.71 Å². The van der Waals surface area contributed by atoms with Crippen molar-refractivity contribution in [2.75, 3.05) is 9.80 Å². The van der Waals surface area contributed by atoms with Crippen LogP contribution in [0, 0.1) is 6.92 Å². The minimum atomic E-state index is -0.147. The number of hydrogen-bond acceptors (Lipinski definition) is 3. The number of hydrogen-bond donors (Lipinski definition) is 0. The van der Waals surface area contributed by atoms with Gasteiger partial charge < -0.3 is 14.2 Å². The van der Waals surface area contributed by atoms with Crippen LogP contribution < -0.4 is 26.4 Å². The molecule has 3 nitrogen and oxygen atoms in total. The number of fused-ring (bicyclic) bond motifs is 8. The van der Waals surface area contributed by atoms with Gasteiger partial charge in [0.25, 0.3) is 6.71 Å². The molecule has 11 rings (SSSR count). The Morgan fingerprint density at radius 1 is 0.440 bits per heavy atom. The minimum Gasteiger partial charge on any atom is -0.468 e. The fourth-order valence-electron chi connectivity index (χ4n) is 13.5. The Morgan fingerprint density at radius 2 is 0.933 bits per heavy atom. The van der Waals surface area contributed by atoms with E-state index in [0.29, 0.717) is 0 Å². The zero-order valence-corrected chi connectivity index (χ0v) is 49.9. The molecule has 4 heteroatoms. The molecule has 7 aromatic rings. The summed E-state index contributed by atoms with van der Waals surface area (Å²) in [5, 5.41) is 1.17. The van der Waals surface area contributed by atoms with E-state index in [1.807, 2.05) is 0 Å². The predicted octanol–water partition coefficient (Wildman–Crippen LogP) is 18.4. The summed E-state index contributed by atoms with van der Waals surface area (Å²) in [6, 6.07) is 39.7. The third kappa shape index (κ3) is 8.27. The van der Waals surface area contributed by atoms with E-state index in [4.69, 9.17) is 4.42 Å². The van der Waals surface area contributed by atoms with Crippen molar-refractivity contribution in [2.45, 2.75) is 214 Å². The third-order valence-corrected chi connectivity index (χ3v) is 18.8. The molecule has 0 saturated carbocycles. The number of nitrogens with zero attached hydrogens (tertiary/aromatic N) is 2. The lowest BCUT2D eigenvalue weighted by Crippen LogP contribution is -2.61. The molecule has 0 radical (unpaired) electrons. The van der Waals surface area contributed by atoms with E-state index in [1.165, 1.54) is 119 Å². The molecule has 6 aromatic carbocycles. The van der Waals surface area contributed by atoms with Gasteiger partial charge in [-0.3, -0.25) is 0 Å². The highest BCUT2D eigenvalue weighted by Crippen LogP contribution is 2.55. The Morgan fingerprint density at radius 3 is 1.49 bits per heavy atom. The summed E-state index contributed by atoms with van der Waals surface area (Å²) in [7, 11) is 0. The Kier molecular flexibility index (Phi) is 11.2. The second kappa shape index (κ2) is 16.3. The van der Waals surface area contributed by atoms with Crippen molar-refractivity contribution >= 4 is 68.4 Å². The molecule has 2 aliphatic heterocycles. The lowest BCUT2D eigenvalue weighted by molar-refractivity contribution is 0.332. The maximum Gasteiger partial charge on any atom is 0.297 e. The highest BCUT2D eigenvalue weighted by atomic mass is 16.3. The van der Waals surface area contributed by atoms with E-state index < -0.39 is 0 Å². The predicted molar refractivity (Wildman–Crippen MR) is 326 cm³/mol. The molecule has 0 spiro atoms. The normalized spacial score (nSPS) is 18.3. The fourth-order valence-corrected chi connectivity index (χ4v) is 13.5. The first kappa shape index (κ1) is 51.6. The van der Waals surface area contributed by atoms with Crippen molar-refractivity contribution in [3.05, 3.63) is 147 Å². The second-order valence-corrected chi connectivity index (χ2v) is 30.6. The van der Waals surface area contributed by atoms with Crippen LogP contribution >= 0.6 is 0 Å². The average molecular weight is 995 g/mol. The minimum absolute atomic E-state index is 0.0126. The van der Waals surface area contributed by atoms with Crippen molar-refractivity contribution in [1.29, 1.82) is 0 Å². The van der Waals surface area contributed by atoms with E-state index in [-0.39, 0.29) is 50.0 Å². The molecular weight excluding hydrogens is 908 g/mol. The summed E-state index contributed by atoms with van der Waals surface area (Å²) in [4.78, 5) is 5.34. The summed E-state index contributed by atoms with van der Waals surface area (Å²) in [5.41, 5.74) is 26.9. The van der Waals surface area contributed by atoms with Crippen LogP contribution in [0.2, 0.25) is 0 Å². The summed E-state index contributed by atoms with van der Waals surface area (Å²) in [6.45, 7) is 50.2. The second-order valence-electron chi connectivity index (χ2n) is 30.6. The third-order valence-electron chi connectivity index (χ3n) is 18.8. The number of benzene rings is 6. The monoisotopic (exact) mass is 995 g/mol. The van der Waals surface area contributed by atoms with Crippen molar-refractivity contribution in [3.63, 3.8) is 0 Å². The lowest BCUT2D eigenvalue weighted by atomic mass is 9.35. The van der Waals surface area contributed by atoms with Crippen molar-refractivity contribution < 1.29 is 4.42 Å². The molecule has 390 valence electrons. The van der Waals surface area contributed by atoms with E-state index in [2.05, 4.69) is 252 Å².